The van der Waals surface area contributed by atoms with E-state index in [1.165, 1.54) is 32.1 Å². The van der Waals surface area contributed by atoms with Gasteiger partial charge in [0.05, 0.1) is 0 Å². The fraction of sp³-hybridized carbons (Fsp3) is 1.00. The third-order valence-electron chi connectivity index (χ3n) is 1.66. The van der Waals surface area contributed by atoms with Crippen molar-refractivity contribution in [1.82, 2.24) is 0 Å². The highest BCUT2D eigenvalue weighted by atomic mass is 16.0. The predicted octanol–water partition coefficient (Wildman–Crippen LogP) is 1.76. The first-order chi connectivity index (χ1) is 3.43. The fourth-order valence-corrected chi connectivity index (χ4v) is 0.899. The van der Waals surface area contributed by atoms with Gasteiger partial charge in [0.2, 0.25) is 0 Å². The third kappa shape index (κ3) is 3.03. The zero-order valence-corrected chi connectivity index (χ0v) is 5.61. The topological polar surface area (TPSA) is 31.5 Å². The molecule has 0 aromatic rings. The average Bonchev–Trinajstić information content (AvgIpc) is 2.42. The van der Waals surface area contributed by atoms with E-state index in [4.69, 9.17) is 0 Å². The van der Waals surface area contributed by atoms with Crippen LogP contribution in [0.25, 0.3) is 0 Å². The van der Waals surface area contributed by atoms with Crippen molar-refractivity contribution in [2.45, 2.75) is 39.0 Å². The van der Waals surface area contributed by atoms with Crippen LogP contribution in [0.1, 0.15) is 39.0 Å². The van der Waals surface area contributed by atoms with Crippen molar-refractivity contribution < 1.29 is 5.48 Å². The molecular formula is C7H16O. The van der Waals surface area contributed by atoms with Gasteiger partial charge in [-0.3, -0.25) is 0 Å². The van der Waals surface area contributed by atoms with E-state index in [9.17, 15) is 0 Å². The minimum Gasteiger partial charge on any atom is -0.412 e. The molecule has 0 bridgehead atoms. The smallest absolute Gasteiger partial charge is 0.0414 e. The Morgan fingerprint density at radius 1 is 1.38 bits per heavy atom. The van der Waals surface area contributed by atoms with Gasteiger partial charge < -0.3 is 5.48 Å². The van der Waals surface area contributed by atoms with Crippen molar-refractivity contribution in [3.8, 4) is 0 Å². The Bertz CT molecular complexity index is 48.3. The Labute approximate surface area is 51.4 Å². The molecule has 1 fully saturated rings. The molecule has 0 aromatic heterocycles. The molecule has 50 valence electrons. The molecule has 2 N–H and O–H groups in total. The van der Waals surface area contributed by atoms with E-state index in [1.54, 1.807) is 0 Å². The molecule has 0 atom stereocenters. The normalized spacial score (nSPS) is 17.6. The summed E-state index contributed by atoms with van der Waals surface area (Å²) in [7, 11) is 0. The third-order valence-corrected chi connectivity index (χ3v) is 1.66. The van der Waals surface area contributed by atoms with Gasteiger partial charge in [-0.25, -0.2) is 0 Å². The van der Waals surface area contributed by atoms with Gasteiger partial charge in [0.25, 0.3) is 0 Å². The number of rotatable bonds is 3. The van der Waals surface area contributed by atoms with Gasteiger partial charge >= 0.3 is 0 Å². The van der Waals surface area contributed by atoms with Crippen LogP contribution >= 0.6 is 0 Å². The predicted molar refractivity (Wildman–Crippen MR) is 35.9 cm³/mol. The largest absolute Gasteiger partial charge is 0.412 e. The molecule has 0 aliphatic heterocycles. The highest BCUT2D eigenvalue weighted by molar-refractivity contribution is 4.71. The molecular weight excluding hydrogens is 100 g/mol. The summed E-state index contributed by atoms with van der Waals surface area (Å²) in [5.74, 6) is 1.15. The van der Waals surface area contributed by atoms with Crippen molar-refractivity contribution in [2.75, 3.05) is 0 Å². The van der Waals surface area contributed by atoms with E-state index in [2.05, 4.69) is 6.92 Å². The minimum absolute atomic E-state index is 0. The molecule has 0 spiro atoms. The maximum Gasteiger partial charge on any atom is -0.0414 e. The lowest BCUT2D eigenvalue weighted by molar-refractivity contribution is 0.654. The van der Waals surface area contributed by atoms with Gasteiger partial charge in [-0.05, 0) is 5.92 Å². The van der Waals surface area contributed by atoms with Gasteiger partial charge in [-0.1, -0.05) is 39.0 Å². The van der Waals surface area contributed by atoms with Crippen molar-refractivity contribution >= 4 is 0 Å². The SMILES string of the molecule is CCCCC1CC1.O. The van der Waals surface area contributed by atoms with Crippen LogP contribution in [0, 0.1) is 5.92 Å². The van der Waals surface area contributed by atoms with E-state index in [0.29, 0.717) is 0 Å². The highest BCUT2D eigenvalue weighted by Gasteiger charge is 2.19. The fourth-order valence-electron chi connectivity index (χ4n) is 0.899. The number of hydrogen-bond donors (Lipinski definition) is 0. The van der Waals surface area contributed by atoms with Gasteiger partial charge in [-0.15, -0.1) is 0 Å². The van der Waals surface area contributed by atoms with Crippen molar-refractivity contribution in [3.63, 3.8) is 0 Å². The van der Waals surface area contributed by atoms with Gasteiger partial charge in [0.1, 0.15) is 0 Å². The molecule has 0 amide bonds. The zero-order chi connectivity index (χ0) is 5.11. The summed E-state index contributed by atoms with van der Waals surface area (Å²) in [6.45, 7) is 2.27. The molecule has 1 rings (SSSR count). The lowest BCUT2D eigenvalue weighted by Crippen LogP contribution is -1.72. The summed E-state index contributed by atoms with van der Waals surface area (Å²) >= 11 is 0. The molecule has 1 saturated carbocycles. The van der Waals surface area contributed by atoms with Crippen molar-refractivity contribution in [3.05, 3.63) is 0 Å². The molecule has 8 heavy (non-hydrogen) atoms. The molecule has 0 radical (unpaired) electrons. The molecule has 1 heteroatoms. The lowest BCUT2D eigenvalue weighted by atomic mass is 10.2. The molecule has 1 aliphatic carbocycles. The Morgan fingerprint density at radius 2 is 2.00 bits per heavy atom. The Balaban J connectivity index is 0.000000490. The molecule has 0 unspecified atom stereocenters. The average molecular weight is 116 g/mol. The van der Waals surface area contributed by atoms with Crippen LogP contribution in [0.4, 0.5) is 0 Å². The lowest BCUT2D eigenvalue weighted by Gasteiger charge is -1.88. The van der Waals surface area contributed by atoms with E-state index in [1.807, 2.05) is 0 Å². The molecule has 1 aliphatic rings. The second kappa shape index (κ2) is 3.90. The van der Waals surface area contributed by atoms with Crippen LogP contribution < -0.4 is 0 Å². The Hall–Kier alpha value is -0.0400. The van der Waals surface area contributed by atoms with Crippen LogP contribution in [0.3, 0.4) is 0 Å². The Kier molecular flexibility index (Phi) is 3.88. The van der Waals surface area contributed by atoms with Crippen LogP contribution in [0.2, 0.25) is 0 Å². The van der Waals surface area contributed by atoms with Crippen LogP contribution in [-0.2, 0) is 0 Å². The molecule has 0 aromatic carbocycles. The quantitative estimate of drug-likeness (QED) is 0.538. The van der Waals surface area contributed by atoms with Crippen LogP contribution in [0.15, 0.2) is 0 Å². The van der Waals surface area contributed by atoms with E-state index in [-0.39, 0.29) is 5.48 Å². The number of unbranched alkanes of at least 4 members (excludes halogenated alkanes) is 1. The van der Waals surface area contributed by atoms with E-state index in [0.717, 1.165) is 5.92 Å². The monoisotopic (exact) mass is 116 g/mol. The van der Waals surface area contributed by atoms with Crippen LogP contribution in [0.5, 0.6) is 0 Å². The summed E-state index contributed by atoms with van der Waals surface area (Å²) in [5.41, 5.74) is 0. The second-order valence-corrected chi connectivity index (χ2v) is 2.59. The maximum atomic E-state index is 2.27. The second-order valence-electron chi connectivity index (χ2n) is 2.59. The van der Waals surface area contributed by atoms with Crippen LogP contribution in [-0.4, -0.2) is 5.48 Å². The standard InChI is InChI=1S/C7H14.H2O/c1-2-3-4-7-5-6-7;/h7H,2-6H2,1H3;1H2. The first-order valence-electron chi connectivity index (χ1n) is 3.43. The first kappa shape index (κ1) is 7.96. The van der Waals surface area contributed by atoms with E-state index >= 15 is 0 Å². The Morgan fingerprint density at radius 3 is 2.38 bits per heavy atom. The molecule has 1 nitrogen and oxygen atoms in total. The highest BCUT2D eigenvalue weighted by Crippen LogP contribution is 2.33. The molecule has 0 heterocycles. The minimum atomic E-state index is 0. The van der Waals surface area contributed by atoms with Gasteiger partial charge in [0.15, 0.2) is 0 Å². The summed E-state index contributed by atoms with van der Waals surface area (Å²) in [6, 6.07) is 0. The first-order valence-corrected chi connectivity index (χ1v) is 3.43. The summed E-state index contributed by atoms with van der Waals surface area (Å²) in [5, 5.41) is 0. The summed E-state index contributed by atoms with van der Waals surface area (Å²) < 4.78 is 0. The van der Waals surface area contributed by atoms with Crippen molar-refractivity contribution in [2.24, 2.45) is 5.92 Å². The van der Waals surface area contributed by atoms with E-state index < -0.39 is 0 Å². The summed E-state index contributed by atoms with van der Waals surface area (Å²) in [4.78, 5) is 0. The molecule has 0 saturated heterocycles. The van der Waals surface area contributed by atoms with Gasteiger partial charge in [0, 0.05) is 0 Å². The van der Waals surface area contributed by atoms with Crippen molar-refractivity contribution in [1.29, 1.82) is 0 Å². The maximum absolute atomic E-state index is 2.27. The van der Waals surface area contributed by atoms with Gasteiger partial charge in [-0.2, -0.15) is 0 Å². The zero-order valence-electron chi connectivity index (χ0n) is 5.61. The summed E-state index contributed by atoms with van der Waals surface area (Å²) in [6.07, 6.45) is 7.41. The number of hydrogen-bond acceptors (Lipinski definition) is 0.